The number of nitrogens with one attached hydrogen (secondary N) is 1. The molecule has 0 saturated carbocycles. The van der Waals surface area contributed by atoms with E-state index in [2.05, 4.69) is 10.4 Å². The number of nitrogens with zero attached hydrogens (tertiary/aromatic N) is 4. The molecule has 1 saturated heterocycles. The van der Waals surface area contributed by atoms with Crippen LogP contribution in [0.2, 0.25) is 0 Å². The summed E-state index contributed by atoms with van der Waals surface area (Å²) >= 11 is 0. The van der Waals surface area contributed by atoms with E-state index in [0.29, 0.717) is 30.9 Å². The van der Waals surface area contributed by atoms with Gasteiger partial charge >= 0.3 is 5.97 Å². The molecule has 1 spiro atoms. The van der Waals surface area contributed by atoms with Gasteiger partial charge in [0.15, 0.2) is 5.69 Å². The lowest BCUT2D eigenvalue weighted by Crippen LogP contribution is -2.40. The number of rotatable bonds is 6. The number of hydrogen-bond donors (Lipinski definition) is 1. The summed E-state index contributed by atoms with van der Waals surface area (Å²) in [6.07, 6.45) is 3.32. The third kappa shape index (κ3) is 4.44. The lowest BCUT2D eigenvalue weighted by molar-refractivity contribution is 0.0160. The maximum Gasteiger partial charge on any atom is 0.358 e. The molecule has 2 aromatic heterocycles. The molecule has 0 aromatic carbocycles. The standard InChI is InChI=1S/C23H33N5O4/c1-5-28-20-17(12-23(14-24-21(20)29)6-8-31-9-7-23)18(26-28)10-15(2)13-32-22(30)19-11-16(3)27(4)25-19/h11,15H,5-10,12-14H2,1-4H3,(H,24,29)/t15-/m1/s1. The van der Waals surface area contributed by atoms with Crippen molar-refractivity contribution in [2.45, 2.75) is 53.0 Å². The van der Waals surface area contributed by atoms with Gasteiger partial charge in [-0.15, -0.1) is 0 Å². The van der Waals surface area contributed by atoms with E-state index in [4.69, 9.17) is 14.6 Å². The monoisotopic (exact) mass is 443 g/mol. The van der Waals surface area contributed by atoms with Crippen molar-refractivity contribution in [1.82, 2.24) is 24.9 Å². The zero-order valence-corrected chi connectivity index (χ0v) is 19.4. The number of carbonyl (C=O) groups excluding carboxylic acids is 2. The number of aryl methyl sites for hydroxylation is 3. The van der Waals surface area contributed by atoms with Gasteiger partial charge in [0.25, 0.3) is 5.91 Å². The topological polar surface area (TPSA) is 100 Å². The second-order valence-corrected chi connectivity index (χ2v) is 9.26. The molecule has 9 nitrogen and oxygen atoms in total. The van der Waals surface area contributed by atoms with Crippen molar-refractivity contribution in [3.8, 4) is 0 Å². The zero-order chi connectivity index (χ0) is 22.9. The Morgan fingerprint density at radius 3 is 2.75 bits per heavy atom. The van der Waals surface area contributed by atoms with E-state index < -0.39 is 5.97 Å². The van der Waals surface area contributed by atoms with Crippen molar-refractivity contribution in [3.05, 3.63) is 34.4 Å². The summed E-state index contributed by atoms with van der Waals surface area (Å²) in [4.78, 5) is 25.3. The van der Waals surface area contributed by atoms with Crippen LogP contribution in [0.1, 0.15) is 64.6 Å². The molecule has 1 amide bonds. The van der Waals surface area contributed by atoms with Crippen LogP contribution in [-0.2, 0) is 35.9 Å². The van der Waals surface area contributed by atoms with E-state index in [-0.39, 0.29) is 23.8 Å². The van der Waals surface area contributed by atoms with E-state index in [1.807, 2.05) is 25.5 Å². The van der Waals surface area contributed by atoms with Crippen molar-refractivity contribution >= 4 is 11.9 Å². The van der Waals surface area contributed by atoms with Crippen molar-refractivity contribution in [2.75, 3.05) is 26.4 Å². The van der Waals surface area contributed by atoms with Crippen molar-refractivity contribution in [3.63, 3.8) is 0 Å². The molecule has 1 atom stereocenters. The predicted octanol–water partition coefficient (Wildman–Crippen LogP) is 2.06. The fourth-order valence-electron chi connectivity index (χ4n) is 4.67. The van der Waals surface area contributed by atoms with Crippen molar-refractivity contribution in [1.29, 1.82) is 0 Å². The van der Waals surface area contributed by atoms with Crippen LogP contribution in [-0.4, -0.2) is 57.8 Å². The third-order valence-electron chi connectivity index (χ3n) is 6.74. The minimum Gasteiger partial charge on any atom is -0.461 e. The quantitative estimate of drug-likeness (QED) is 0.686. The average Bonchev–Trinajstić information content (AvgIpc) is 3.25. The van der Waals surface area contributed by atoms with Gasteiger partial charge in [0.1, 0.15) is 5.69 Å². The van der Waals surface area contributed by atoms with Gasteiger partial charge in [-0.25, -0.2) is 4.79 Å². The van der Waals surface area contributed by atoms with Gasteiger partial charge in [0.05, 0.1) is 12.3 Å². The molecule has 0 aliphatic carbocycles. The first kappa shape index (κ1) is 22.5. The zero-order valence-electron chi connectivity index (χ0n) is 19.4. The summed E-state index contributed by atoms with van der Waals surface area (Å²) in [5.74, 6) is -0.405. The van der Waals surface area contributed by atoms with Crippen LogP contribution in [0.15, 0.2) is 6.07 Å². The van der Waals surface area contributed by atoms with Crippen LogP contribution in [0, 0.1) is 18.3 Å². The van der Waals surface area contributed by atoms with Crippen LogP contribution in [0.5, 0.6) is 0 Å². The van der Waals surface area contributed by atoms with Crippen LogP contribution in [0.25, 0.3) is 0 Å². The number of ether oxygens (including phenoxy) is 2. The highest BCUT2D eigenvalue weighted by Crippen LogP contribution is 2.38. The lowest BCUT2D eigenvalue weighted by Gasteiger charge is -2.36. The number of esters is 1. The molecule has 32 heavy (non-hydrogen) atoms. The predicted molar refractivity (Wildman–Crippen MR) is 118 cm³/mol. The van der Waals surface area contributed by atoms with Gasteiger partial charge in [-0.3, -0.25) is 14.2 Å². The first-order chi connectivity index (χ1) is 15.3. The Labute approximate surface area is 188 Å². The van der Waals surface area contributed by atoms with Gasteiger partial charge in [0.2, 0.25) is 0 Å². The molecule has 0 radical (unpaired) electrons. The number of amides is 1. The van der Waals surface area contributed by atoms with Gasteiger partial charge in [-0.2, -0.15) is 10.2 Å². The fraction of sp³-hybridized carbons (Fsp3) is 0.652. The molecular weight excluding hydrogens is 410 g/mol. The molecule has 2 aliphatic rings. The van der Waals surface area contributed by atoms with Crippen LogP contribution in [0.3, 0.4) is 0 Å². The summed E-state index contributed by atoms with van der Waals surface area (Å²) in [6, 6.07) is 1.72. The SMILES string of the molecule is CCn1nc(C[C@@H](C)COC(=O)c2cc(C)n(C)n2)c2c1C(=O)NCC1(CCOCC1)C2. The average molecular weight is 444 g/mol. The summed E-state index contributed by atoms with van der Waals surface area (Å²) in [7, 11) is 1.80. The summed E-state index contributed by atoms with van der Waals surface area (Å²) in [5.41, 5.74) is 3.89. The number of hydrogen-bond acceptors (Lipinski definition) is 6. The first-order valence-electron chi connectivity index (χ1n) is 11.4. The van der Waals surface area contributed by atoms with E-state index in [1.54, 1.807) is 17.8 Å². The van der Waals surface area contributed by atoms with Crippen LogP contribution >= 0.6 is 0 Å². The number of carbonyl (C=O) groups is 2. The smallest absolute Gasteiger partial charge is 0.358 e. The highest BCUT2D eigenvalue weighted by Gasteiger charge is 2.39. The van der Waals surface area contributed by atoms with Gasteiger partial charge in [-0.1, -0.05) is 6.92 Å². The van der Waals surface area contributed by atoms with Gasteiger partial charge < -0.3 is 14.8 Å². The maximum absolute atomic E-state index is 12.9. The second-order valence-electron chi connectivity index (χ2n) is 9.26. The van der Waals surface area contributed by atoms with E-state index in [0.717, 1.165) is 49.4 Å². The Morgan fingerprint density at radius 2 is 2.09 bits per heavy atom. The van der Waals surface area contributed by atoms with E-state index in [1.165, 1.54) is 0 Å². The summed E-state index contributed by atoms with van der Waals surface area (Å²) in [6.45, 7) is 8.95. The molecule has 1 N–H and O–H groups in total. The summed E-state index contributed by atoms with van der Waals surface area (Å²) < 4.78 is 14.6. The third-order valence-corrected chi connectivity index (χ3v) is 6.74. The Kier molecular flexibility index (Phi) is 6.37. The molecule has 1 fully saturated rings. The number of fused-ring (bicyclic) bond motifs is 1. The highest BCUT2D eigenvalue weighted by molar-refractivity contribution is 5.94. The van der Waals surface area contributed by atoms with Gasteiger partial charge in [0, 0.05) is 44.6 Å². The molecule has 2 aliphatic heterocycles. The molecule has 4 heterocycles. The molecule has 9 heteroatoms. The molecule has 174 valence electrons. The number of aromatic nitrogens is 4. The minimum atomic E-state index is -0.418. The van der Waals surface area contributed by atoms with E-state index >= 15 is 0 Å². The van der Waals surface area contributed by atoms with Crippen LogP contribution in [0.4, 0.5) is 0 Å². The maximum atomic E-state index is 12.9. The second kappa shape index (κ2) is 9.05. The van der Waals surface area contributed by atoms with Crippen molar-refractivity contribution < 1.29 is 19.1 Å². The first-order valence-corrected chi connectivity index (χ1v) is 11.4. The highest BCUT2D eigenvalue weighted by atomic mass is 16.5. The molecule has 2 aromatic rings. The summed E-state index contributed by atoms with van der Waals surface area (Å²) in [5, 5.41) is 12.1. The molecular formula is C23H33N5O4. The Balaban J connectivity index is 1.50. The fourth-order valence-corrected chi connectivity index (χ4v) is 4.67. The minimum absolute atomic E-state index is 0.0159. The largest absolute Gasteiger partial charge is 0.461 e. The molecule has 0 bridgehead atoms. The molecule has 0 unspecified atom stereocenters. The Hall–Kier alpha value is -2.68. The van der Waals surface area contributed by atoms with Crippen molar-refractivity contribution in [2.24, 2.45) is 18.4 Å². The Bertz CT molecular complexity index is 983. The molecule has 4 rings (SSSR count). The van der Waals surface area contributed by atoms with Gasteiger partial charge in [-0.05, 0) is 56.9 Å². The Morgan fingerprint density at radius 1 is 1.34 bits per heavy atom. The lowest BCUT2D eigenvalue weighted by atomic mass is 9.75. The van der Waals surface area contributed by atoms with E-state index in [9.17, 15) is 9.59 Å². The normalized spacial score (nSPS) is 18.7. The van der Waals surface area contributed by atoms with Crippen LogP contribution < -0.4 is 5.32 Å².